The minimum atomic E-state index is -0.759. The first kappa shape index (κ1) is 14.9. The summed E-state index contributed by atoms with van der Waals surface area (Å²) in [7, 11) is 3.66. The van der Waals surface area contributed by atoms with Crippen molar-refractivity contribution in [1.29, 1.82) is 5.26 Å². The number of nitrogens with one attached hydrogen (secondary N) is 1. The number of amides is 1. The third kappa shape index (κ3) is 3.97. The average molecular weight is 253 g/mol. The van der Waals surface area contributed by atoms with Gasteiger partial charge in [0.05, 0.1) is 12.7 Å². The van der Waals surface area contributed by atoms with Crippen LogP contribution >= 0.6 is 0 Å². The van der Waals surface area contributed by atoms with Gasteiger partial charge in [-0.2, -0.15) is 5.26 Å². The van der Waals surface area contributed by atoms with Gasteiger partial charge in [0, 0.05) is 26.7 Å². The second-order valence-electron chi connectivity index (χ2n) is 4.95. The number of likely N-dealkylation sites (N-methyl/N-ethyl adjacent to an activating group) is 1. The molecule has 0 radical (unpaired) electrons. The lowest BCUT2D eigenvalue weighted by molar-refractivity contribution is -0.127. The molecular formula is C13H23N3O2. The van der Waals surface area contributed by atoms with Gasteiger partial charge in [-0.3, -0.25) is 4.79 Å². The van der Waals surface area contributed by atoms with E-state index in [1.54, 1.807) is 7.11 Å². The minimum absolute atomic E-state index is 0.0948. The number of ether oxygens (including phenoxy) is 1. The van der Waals surface area contributed by atoms with Gasteiger partial charge in [-0.15, -0.1) is 0 Å². The van der Waals surface area contributed by atoms with Gasteiger partial charge >= 0.3 is 0 Å². The Morgan fingerprint density at radius 3 is 2.67 bits per heavy atom. The Hall–Kier alpha value is -1.12. The maximum absolute atomic E-state index is 12.0. The van der Waals surface area contributed by atoms with E-state index in [9.17, 15) is 10.1 Å². The van der Waals surface area contributed by atoms with E-state index in [4.69, 9.17) is 4.74 Å². The summed E-state index contributed by atoms with van der Waals surface area (Å²) in [5.41, 5.74) is -0.759. The van der Waals surface area contributed by atoms with E-state index in [-0.39, 0.29) is 5.91 Å². The molecule has 0 aromatic heterocycles. The first-order valence-electron chi connectivity index (χ1n) is 6.51. The summed E-state index contributed by atoms with van der Waals surface area (Å²) in [5, 5.41) is 12.1. The van der Waals surface area contributed by atoms with Gasteiger partial charge in [0.2, 0.25) is 5.91 Å². The van der Waals surface area contributed by atoms with Crippen LogP contribution in [0.4, 0.5) is 0 Å². The fourth-order valence-electron chi connectivity index (χ4n) is 2.26. The molecule has 1 saturated carbocycles. The molecule has 1 amide bonds. The first-order chi connectivity index (χ1) is 8.64. The molecule has 0 saturated heterocycles. The number of carbonyl (C=O) groups is 1. The monoisotopic (exact) mass is 253 g/mol. The molecule has 0 heterocycles. The number of hydrogen-bond donors (Lipinski definition) is 1. The lowest BCUT2D eigenvalue weighted by Gasteiger charge is -2.21. The van der Waals surface area contributed by atoms with Gasteiger partial charge in [-0.05, 0) is 19.9 Å². The van der Waals surface area contributed by atoms with E-state index in [1.807, 2.05) is 7.05 Å². The maximum Gasteiger partial charge on any atom is 0.240 e. The Morgan fingerprint density at radius 1 is 1.44 bits per heavy atom. The van der Waals surface area contributed by atoms with Crippen molar-refractivity contribution in [3.63, 3.8) is 0 Å². The molecule has 0 bridgehead atoms. The van der Waals surface area contributed by atoms with Crippen LogP contribution in [0.15, 0.2) is 0 Å². The third-order valence-electron chi connectivity index (χ3n) is 3.56. The van der Waals surface area contributed by atoms with Crippen molar-refractivity contribution in [3.8, 4) is 6.07 Å². The number of nitrogens with zero attached hydrogens (tertiary/aromatic N) is 2. The van der Waals surface area contributed by atoms with Crippen LogP contribution in [-0.4, -0.2) is 51.2 Å². The van der Waals surface area contributed by atoms with Crippen LogP contribution in [0.5, 0.6) is 0 Å². The van der Waals surface area contributed by atoms with Crippen molar-refractivity contribution < 1.29 is 9.53 Å². The normalized spacial score (nSPS) is 17.7. The number of hydrogen-bond acceptors (Lipinski definition) is 4. The zero-order valence-electron chi connectivity index (χ0n) is 11.4. The molecule has 1 aliphatic carbocycles. The highest BCUT2D eigenvalue weighted by Gasteiger charge is 2.41. The van der Waals surface area contributed by atoms with E-state index in [0.29, 0.717) is 26.0 Å². The molecule has 5 nitrogen and oxygen atoms in total. The van der Waals surface area contributed by atoms with Gasteiger partial charge in [-0.1, -0.05) is 12.8 Å². The van der Waals surface area contributed by atoms with Gasteiger partial charge in [0.1, 0.15) is 5.41 Å². The lowest BCUT2D eigenvalue weighted by Crippen LogP contribution is -2.41. The zero-order chi connectivity index (χ0) is 13.4. The Labute approximate surface area is 109 Å². The fourth-order valence-corrected chi connectivity index (χ4v) is 2.26. The van der Waals surface area contributed by atoms with Crippen molar-refractivity contribution in [1.82, 2.24) is 10.2 Å². The molecule has 0 atom stereocenters. The van der Waals surface area contributed by atoms with E-state index >= 15 is 0 Å². The molecule has 5 heteroatoms. The second-order valence-corrected chi connectivity index (χ2v) is 4.95. The molecular weight excluding hydrogens is 230 g/mol. The Balaban J connectivity index is 2.27. The standard InChI is InChI=1S/C13H23N3O2/c1-16(9-10-18-2)8-7-15-12(17)13(11-14)5-3-4-6-13/h3-10H2,1-2H3,(H,15,17). The van der Waals surface area contributed by atoms with E-state index in [0.717, 1.165) is 25.9 Å². The van der Waals surface area contributed by atoms with Crippen LogP contribution in [0.2, 0.25) is 0 Å². The zero-order valence-corrected chi connectivity index (χ0v) is 11.4. The summed E-state index contributed by atoms with van der Waals surface area (Å²) in [6, 6.07) is 2.20. The summed E-state index contributed by atoms with van der Waals surface area (Å²) in [6.45, 7) is 2.89. The Morgan fingerprint density at radius 2 is 2.11 bits per heavy atom. The second kappa shape index (κ2) is 7.34. The highest BCUT2D eigenvalue weighted by atomic mass is 16.5. The molecule has 0 aromatic carbocycles. The molecule has 0 aliphatic heterocycles. The summed E-state index contributed by atoms with van der Waals surface area (Å²) in [6.07, 6.45) is 3.37. The molecule has 1 fully saturated rings. The SMILES string of the molecule is COCCN(C)CCNC(=O)C1(C#N)CCCC1. The highest BCUT2D eigenvalue weighted by molar-refractivity contribution is 5.85. The lowest BCUT2D eigenvalue weighted by atomic mass is 9.87. The van der Waals surface area contributed by atoms with E-state index < -0.39 is 5.41 Å². The topological polar surface area (TPSA) is 65.4 Å². The van der Waals surface area contributed by atoms with Crippen LogP contribution in [0.3, 0.4) is 0 Å². The van der Waals surface area contributed by atoms with Gasteiger partial charge in [-0.25, -0.2) is 0 Å². The van der Waals surface area contributed by atoms with Gasteiger partial charge in [0.25, 0.3) is 0 Å². The predicted octanol–water partition coefficient (Wildman–Crippen LogP) is 0.765. The Bertz CT molecular complexity index is 306. The van der Waals surface area contributed by atoms with Crippen LogP contribution in [0, 0.1) is 16.7 Å². The quantitative estimate of drug-likeness (QED) is 0.727. The summed E-state index contributed by atoms with van der Waals surface area (Å²) < 4.78 is 4.98. The first-order valence-corrected chi connectivity index (χ1v) is 6.51. The minimum Gasteiger partial charge on any atom is -0.383 e. The molecule has 0 spiro atoms. The summed E-state index contributed by atoms with van der Waals surface area (Å²) >= 11 is 0. The smallest absolute Gasteiger partial charge is 0.240 e. The number of carbonyl (C=O) groups excluding carboxylic acids is 1. The largest absolute Gasteiger partial charge is 0.383 e. The molecule has 1 aliphatic rings. The predicted molar refractivity (Wildman–Crippen MR) is 68.9 cm³/mol. The van der Waals surface area contributed by atoms with Crippen molar-refractivity contribution in [2.75, 3.05) is 40.4 Å². The molecule has 102 valence electrons. The number of methoxy groups -OCH3 is 1. The third-order valence-corrected chi connectivity index (χ3v) is 3.56. The average Bonchev–Trinajstić information content (AvgIpc) is 2.86. The fraction of sp³-hybridized carbons (Fsp3) is 0.846. The summed E-state index contributed by atoms with van der Waals surface area (Å²) in [5.74, 6) is -0.0948. The summed E-state index contributed by atoms with van der Waals surface area (Å²) in [4.78, 5) is 14.1. The van der Waals surface area contributed by atoms with Crippen LogP contribution in [-0.2, 0) is 9.53 Å². The molecule has 18 heavy (non-hydrogen) atoms. The van der Waals surface area contributed by atoms with E-state index in [1.165, 1.54) is 0 Å². The maximum atomic E-state index is 12.0. The van der Waals surface area contributed by atoms with Gasteiger partial charge < -0.3 is 15.0 Å². The van der Waals surface area contributed by atoms with Crippen molar-refractivity contribution in [2.45, 2.75) is 25.7 Å². The van der Waals surface area contributed by atoms with Gasteiger partial charge in [0.15, 0.2) is 0 Å². The molecule has 1 rings (SSSR count). The highest BCUT2D eigenvalue weighted by Crippen LogP contribution is 2.37. The van der Waals surface area contributed by atoms with Crippen molar-refractivity contribution >= 4 is 5.91 Å². The van der Waals surface area contributed by atoms with Crippen molar-refractivity contribution in [2.24, 2.45) is 5.41 Å². The molecule has 1 N–H and O–H groups in total. The number of nitriles is 1. The Kier molecular flexibility index (Phi) is 6.10. The number of rotatable bonds is 7. The van der Waals surface area contributed by atoms with Crippen LogP contribution < -0.4 is 5.32 Å². The molecule has 0 aromatic rings. The van der Waals surface area contributed by atoms with E-state index in [2.05, 4.69) is 16.3 Å². The van der Waals surface area contributed by atoms with Crippen molar-refractivity contribution in [3.05, 3.63) is 0 Å². The van der Waals surface area contributed by atoms with Crippen LogP contribution in [0.25, 0.3) is 0 Å². The molecule has 0 unspecified atom stereocenters. The van der Waals surface area contributed by atoms with Crippen LogP contribution in [0.1, 0.15) is 25.7 Å².